The zero-order valence-corrected chi connectivity index (χ0v) is 14.3. The maximum Gasteiger partial charge on any atom is 0.319 e. The Labute approximate surface area is 150 Å². The number of nitrogens with one attached hydrogen (secondary N) is 2. The van der Waals surface area contributed by atoms with Crippen LogP contribution < -0.4 is 15.5 Å². The number of fused-ring (bicyclic) bond motifs is 1. The average Bonchev–Trinajstić information content (AvgIpc) is 3.05. The molecule has 0 aromatic heterocycles. The summed E-state index contributed by atoms with van der Waals surface area (Å²) < 4.78 is 26.4. The molecule has 3 amide bonds. The van der Waals surface area contributed by atoms with E-state index < -0.39 is 17.7 Å². The third-order valence-electron chi connectivity index (χ3n) is 4.28. The standard InChI is InChI=1S/C19H19F2N3O2/c1-2-18(25)24-8-7-13-9-12(3-6-17(13)24)11-22-19(26)23-16-5-4-14(20)10-15(16)21/h3-6,9-10H,2,7-8,11H2,1H3,(H2,22,23,26). The Morgan fingerprint density at radius 3 is 2.69 bits per heavy atom. The molecule has 2 aromatic carbocycles. The summed E-state index contributed by atoms with van der Waals surface area (Å²) in [6.07, 6.45) is 1.24. The number of benzene rings is 2. The van der Waals surface area contributed by atoms with E-state index in [2.05, 4.69) is 10.6 Å². The van der Waals surface area contributed by atoms with Gasteiger partial charge in [0.25, 0.3) is 0 Å². The van der Waals surface area contributed by atoms with Crippen molar-refractivity contribution in [1.29, 1.82) is 0 Å². The summed E-state index contributed by atoms with van der Waals surface area (Å²) in [5.41, 5.74) is 2.77. The molecule has 0 saturated carbocycles. The average molecular weight is 359 g/mol. The van der Waals surface area contributed by atoms with Gasteiger partial charge in [0.2, 0.25) is 5.91 Å². The van der Waals surface area contributed by atoms with E-state index in [0.717, 1.165) is 29.3 Å². The van der Waals surface area contributed by atoms with Crippen molar-refractivity contribution in [1.82, 2.24) is 5.32 Å². The van der Waals surface area contributed by atoms with Crippen LogP contribution in [0.5, 0.6) is 0 Å². The van der Waals surface area contributed by atoms with Gasteiger partial charge in [0.05, 0.1) is 5.69 Å². The van der Waals surface area contributed by atoms with Gasteiger partial charge in [0.15, 0.2) is 0 Å². The highest BCUT2D eigenvalue weighted by molar-refractivity contribution is 5.95. The summed E-state index contributed by atoms with van der Waals surface area (Å²) >= 11 is 0. The van der Waals surface area contributed by atoms with Crippen LogP contribution in [-0.2, 0) is 17.8 Å². The molecule has 0 aliphatic carbocycles. The van der Waals surface area contributed by atoms with Gasteiger partial charge < -0.3 is 15.5 Å². The second-order valence-corrected chi connectivity index (χ2v) is 6.04. The molecule has 1 aliphatic rings. The van der Waals surface area contributed by atoms with Crippen LogP contribution >= 0.6 is 0 Å². The molecule has 0 saturated heterocycles. The van der Waals surface area contributed by atoms with Crippen LogP contribution in [0.1, 0.15) is 24.5 Å². The van der Waals surface area contributed by atoms with E-state index in [9.17, 15) is 18.4 Å². The first-order valence-corrected chi connectivity index (χ1v) is 8.40. The van der Waals surface area contributed by atoms with Crippen LogP contribution in [0.3, 0.4) is 0 Å². The van der Waals surface area contributed by atoms with E-state index in [4.69, 9.17) is 0 Å². The molecule has 0 bridgehead atoms. The van der Waals surface area contributed by atoms with Crippen molar-refractivity contribution >= 4 is 23.3 Å². The minimum atomic E-state index is -0.835. The van der Waals surface area contributed by atoms with Crippen LogP contribution in [0.25, 0.3) is 0 Å². The zero-order chi connectivity index (χ0) is 18.7. The Balaban J connectivity index is 1.60. The predicted octanol–water partition coefficient (Wildman–Crippen LogP) is 3.59. The minimum absolute atomic E-state index is 0.0911. The Hall–Kier alpha value is -2.96. The van der Waals surface area contributed by atoms with Gasteiger partial charge in [-0.25, -0.2) is 13.6 Å². The first-order chi connectivity index (χ1) is 12.5. The first kappa shape index (κ1) is 17.8. The van der Waals surface area contributed by atoms with E-state index in [1.807, 2.05) is 25.1 Å². The number of carbonyl (C=O) groups is 2. The van der Waals surface area contributed by atoms with E-state index in [-0.39, 0.29) is 18.1 Å². The molecule has 3 rings (SSSR count). The van der Waals surface area contributed by atoms with Crippen LogP contribution in [0.15, 0.2) is 36.4 Å². The second-order valence-electron chi connectivity index (χ2n) is 6.04. The molecule has 26 heavy (non-hydrogen) atoms. The maximum absolute atomic E-state index is 13.5. The quantitative estimate of drug-likeness (QED) is 0.876. The first-order valence-electron chi connectivity index (χ1n) is 8.40. The van der Waals surface area contributed by atoms with E-state index in [1.54, 1.807) is 4.90 Å². The summed E-state index contributed by atoms with van der Waals surface area (Å²) in [7, 11) is 0. The topological polar surface area (TPSA) is 61.4 Å². The highest BCUT2D eigenvalue weighted by Gasteiger charge is 2.23. The molecule has 5 nitrogen and oxygen atoms in total. The molecule has 1 aliphatic heterocycles. The van der Waals surface area contributed by atoms with Crippen LogP contribution in [0.2, 0.25) is 0 Å². The number of nitrogens with zero attached hydrogens (tertiary/aromatic N) is 1. The zero-order valence-electron chi connectivity index (χ0n) is 14.3. The lowest BCUT2D eigenvalue weighted by atomic mass is 10.1. The number of halogens is 2. The molecule has 2 aromatic rings. The summed E-state index contributed by atoms with van der Waals surface area (Å²) in [6, 6.07) is 8.04. The molecule has 2 N–H and O–H groups in total. The van der Waals surface area contributed by atoms with Crippen molar-refractivity contribution in [3.63, 3.8) is 0 Å². The van der Waals surface area contributed by atoms with Crippen molar-refractivity contribution in [3.05, 3.63) is 59.2 Å². The molecule has 1 heterocycles. The number of urea groups is 1. The predicted molar refractivity (Wildman–Crippen MR) is 95.0 cm³/mol. The largest absolute Gasteiger partial charge is 0.334 e. The minimum Gasteiger partial charge on any atom is -0.334 e. The molecule has 0 spiro atoms. The third kappa shape index (κ3) is 3.82. The number of carbonyl (C=O) groups excluding carboxylic acids is 2. The van der Waals surface area contributed by atoms with Crippen molar-refractivity contribution < 1.29 is 18.4 Å². The highest BCUT2D eigenvalue weighted by atomic mass is 19.1. The SMILES string of the molecule is CCC(=O)N1CCc2cc(CNC(=O)Nc3ccc(F)cc3F)ccc21. The summed E-state index contributed by atoms with van der Waals surface area (Å²) in [6.45, 7) is 2.76. The van der Waals surface area contributed by atoms with Crippen LogP contribution in [-0.4, -0.2) is 18.5 Å². The number of hydrogen-bond acceptors (Lipinski definition) is 2. The second kappa shape index (κ2) is 7.51. The summed E-state index contributed by atoms with van der Waals surface area (Å²) in [5, 5.41) is 4.98. The van der Waals surface area contributed by atoms with Gasteiger partial charge in [-0.1, -0.05) is 19.1 Å². The Morgan fingerprint density at radius 2 is 1.96 bits per heavy atom. The number of hydrogen-bond donors (Lipinski definition) is 2. The fourth-order valence-corrected chi connectivity index (χ4v) is 2.95. The number of amides is 3. The molecule has 7 heteroatoms. The van der Waals surface area contributed by atoms with E-state index >= 15 is 0 Å². The van der Waals surface area contributed by atoms with Crippen LogP contribution in [0.4, 0.5) is 25.0 Å². The van der Waals surface area contributed by atoms with Gasteiger partial charge in [-0.2, -0.15) is 0 Å². The van der Waals surface area contributed by atoms with E-state index in [1.165, 1.54) is 6.07 Å². The highest BCUT2D eigenvalue weighted by Crippen LogP contribution is 2.29. The lowest BCUT2D eigenvalue weighted by Crippen LogP contribution is -2.28. The maximum atomic E-state index is 13.5. The monoisotopic (exact) mass is 359 g/mol. The van der Waals surface area contributed by atoms with Crippen molar-refractivity contribution in [2.45, 2.75) is 26.3 Å². The van der Waals surface area contributed by atoms with Gasteiger partial charge in [-0.05, 0) is 35.7 Å². The lowest BCUT2D eigenvalue weighted by Gasteiger charge is -2.16. The van der Waals surface area contributed by atoms with Crippen molar-refractivity contribution in [2.24, 2.45) is 0 Å². The Bertz CT molecular complexity index is 855. The molecular formula is C19H19F2N3O2. The summed E-state index contributed by atoms with van der Waals surface area (Å²) in [5.74, 6) is -1.45. The fourth-order valence-electron chi connectivity index (χ4n) is 2.95. The lowest BCUT2D eigenvalue weighted by molar-refractivity contribution is -0.118. The van der Waals surface area contributed by atoms with Crippen molar-refractivity contribution in [2.75, 3.05) is 16.8 Å². The Kier molecular flexibility index (Phi) is 5.16. The number of rotatable bonds is 4. The van der Waals surface area contributed by atoms with Crippen LogP contribution in [0, 0.1) is 11.6 Å². The smallest absolute Gasteiger partial charge is 0.319 e. The third-order valence-corrected chi connectivity index (χ3v) is 4.28. The fraction of sp³-hybridized carbons (Fsp3) is 0.263. The van der Waals surface area contributed by atoms with Gasteiger partial charge in [0, 0.05) is 31.3 Å². The summed E-state index contributed by atoms with van der Waals surface area (Å²) in [4.78, 5) is 25.6. The molecule has 0 radical (unpaired) electrons. The molecule has 0 unspecified atom stereocenters. The van der Waals surface area contributed by atoms with Gasteiger partial charge >= 0.3 is 6.03 Å². The van der Waals surface area contributed by atoms with E-state index in [0.29, 0.717) is 19.0 Å². The molecular weight excluding hydrogens is 340 g/mol. The normalized spacial score (nSPS) is 12.7. The Morgan fingerprint density at radius 1 is 1.15 bits per heavy atom. The number of anilines is 2. The molecule has 0 atom stereocenters. The van der Waals surface area contributed by atoms with Crippen molar-refractivity contribution in [3.8, 4) is 0 Å². The van der Waals surface area contributed by atoms with Gasteiger partial charge in [0.1, 0.15) is 11.6 Å². The van der Waals surface area contributed by atoms with Gasteiger partial charge in [-0.3, -0.25) is 4.79 Å². The molecule has 0 fully saturated rings. The molecule has 136 valence electrons. The van der Waals surface area contributed by atoms with Gasteiger partial charge in [-0.15, -0.1) is 0 Å².